The van der Waals surface area contributed by atoms with Gasteiger partial charge in [-0.3, -0.25) is 4.90 Å². The third-order valence-electron chi connectivity index (χ3n) is 5.47. The number of pyridine rings is 1. The van der Waals surface area contributed by atoms with E-state index in [1.807, 2.05) is 30.3 Å². The van der Waals surface area contributed by atoms with Crippen LogP contribution in [0.5, 0.6) is 17.4 Å². The lowest BCUT2D eigenvalue weighted by molar-refractivity contribution is 0.167. The van der Waals surface area contributed by atoms with Crippen molar-refractivity contribution >= 4 is 11.6 Å². The molecule has 1 aromatic heterocycles. The van der Waals surface area contributed by atoms with Crippen LogP contribution >= 0.6 is 11.6 Å². The summed E-state index contributed by atoms with van der Waals surface area (Å²) in [7, 11) is 4.87. The van der Waals surface area contributed by atoms with Crippen molar-refractivity contribution in [3.8, 4) is 23.4 Å². The second kappa shape index (κ2) is 9.34. The lowest BCUT2D eigenvalue weighted by Gasteiger charge is -2.33. The number of nitrogens with zero attached hydrogens (tertiary/aromatic N) is 3. The maximum absolute atomic E-state index is 9.37. The lowest BCUT2D eigenvalue weighted by Crippen LogP contribution is -2.39. The predicted octanol–water partition coefficient (Wildman–Crippen LogP) is 4.34. The van der Waals surface area contributed by atoms with Gasteiger partial charge in [0.2, 0.25) is 5.88 Å². The standard InChI is InChI=1S/C22H26ClN3O3/c1-27-18-5-4-17(20(13-18)28-2)14-26(22(7-8-22)9-10-24)15-19(23)16-6-11-25-21(12-16)29-3/h4-6,11-13,19H,7-9,14-15H2,1-3H3. The molecule has 0 aliphatic heterocycles. The average Bonchev–Trinajstić information content (AvgIpc) is 3.54. The highest BCUT2D eigenvalue weighted by atomic mass is 35.5. The molecule has 0 bridgehead atoms. The molecule has 0 N–H and O–H groups in total. The van der Waals surface area contributed by atoms with Crippen LogP contribution < -0.4 is 14.2 Å². The van der Waals surface area contributed by atoms with Gasteiger partial charge in [-0.2, -0.15) is 5.26 Å². The molecule has 1 saturated carbocycles. The Morgan fingerprint density at radius 1 is 1.17 bits per heavy atom. The predicted molar refractivity (Wildman–Crippen MR) is 112 cm³/mol. The van der Waals surface area contributed by atoms with E-state index in [0.717, 1.165) is 35.5 Å². The molecule has 29 heavy (non-hydrogen) atoms. The Morgan fingerprint density at radius 3 is 2.59 bits per heavy atom. The maximum atomic E-state index is 9.37. The lowest BCUT2D eigenvalue weighted by atomic mass is 10.1. The van der Waals surface area contributed by atoms with Crippen molar-refractivity contribution < 1.29 is 14.2 Å². The molecule has 154 valence electrons. The van der Waals surface area contributed by atoms with Crippen molar-refractivity contribution in [2.75, 3.05) is 27.9 Å². The fraction of sp³-hybridized carbons (Fsp3) is 0.455. The molecular weight excluding hydrogens is 390 g/mol. The summed E-state index contributed by atoms with van der Waals surface area (Å²) in [6.07, 6.45) is 4.15. The third kappa shape index (κ3) is 4.92. The highest BCUT2D eigenvalue weighted by molar-refractivity contribution is 6.21. The minimum atomic E-state index is -0.257. The molecule has 1 aromatic carbocycles. The Morgan fingerprint density at radius 2 is 1.97 bits per heavy atom. The molecule has 0 amide bonds. The molecule has 1 unspecified atom stereocenters. The number of halogens is 1. The zero-order valence-corrected chi connectivity index (χ0v) is 17.8. The number of methoxy groups -OCH3 is 3. The molecule has 6 nitrogen and oxygen atoms in total. The number of rotatable bonds is 10. The summed E-state index contributed by atoms with van der Waals surface area (Å²) in [5.41, 5.74) is 1.84. The monoisotopic (exact) mass is 415 g/mol. The minimum Gasteiger partial charge on any atom is -0.497 e. The van der Waals surface area contributed by atoms with Gasteiger partial charge < -0.3 is 14.2 Å². The van der Waals surface area contributed by atoms with Crippen LogP contribution in [-0.4, -0.2) is 43.3 Å². The zero-order chi connectivity index (χ0) is 20.9. The van der Waals surface area contributed by atoms with E-state index in [2.05, 4.69) is 16.0 Å². The van der Waals surface area contributed by atoms with Gasteiger partial charge in [0.25, 0.3) is 0 Å². The van der Waals surface area contributed by atoms with E-state index in [9.17, 15) is 5.26 Å². The van der Waals surface area contributed by atoms with Crippen molar-refractivity contribution in [3.05, 3.63) is 47.7 Å². The van der Waals surface area contributed by atoms with Crippen LogP contribution in [-0.2, 0) is 6.54 Å². The van der Waals surface area contributed by atoms with Gasteiger partial charge in [0.15, 0.2) is 0 Å². The van der Waals surface area contributed by atoms with E-state index in [0.29, 0.717) is 25.4 Å². The first-order valence-corrected chi connectivity index (χ1v) is 9.96. The first-order valence-electron chi connectivity index (χ1n) is 9.52. The first kappa shape index (κ1) is 21.2. The Hall–Kier alpha value is -2.49. The molecule has 1 aliphatic rings. The molecule has 7 heteroatoms. The molecule has 0 spiro atoms. The highest BCUT2D eigenvalue weighted by Gasteiger charge is 2.48. The summed E-state index contributed by atoms with van der Waals surface area (Å²) in [5.74, 6) is 2.04. The normalized spacial score (nSPS) is 15.4. The maximum Gasteiger partial charge on any atom is 0.213 e. The molecule has 1 atom stereocenters. The topological polar surface area (TPSA) is 67.6 Å². The van der Waals surface area contributed by atoms with E-state index < -0.39 is 0 Å². The van der Waals surface area contributed by atoms with Gasteiger partial charge in [-0.05, 0) is 30.5 Å². The number of aromatic nitrogens is 1. The van der Waals surface area contributed by atoms with Crippen molar-refractivity contribution in [3.63, 3.8) is 0 Å². The van der Waals surface area contributed by atoms with Crippen LogP contribution in [0.1, 0.15) is 35.8 Å². The van der Waals surface area contributed by atoms with Gasteiger partial charge in [-0.15, -0.1) is 11.6 Å². The van der Waals surface area contributed by atoms with Crippen molar-refractivity contribution in [1.82, 2.24) is 9.88 Å². The molecule has 0 radical (unpaired) electrons. The van der Waals surface area contributed by atoms with Crippen molar-refractivity contribution in [2.24, 2.45) is 0 Å². The van der Waals surface area contributed by atoms with E-state index in [-0.39, 0.29) is 10.9 Å². The van der Waals surface area contributed by atoms with Gasteiger partial charge in [-0.1, -0.05) is 6.07 Å². The molecular formula is C22H26ClN3O3. The molecule has 3 rings (SSSR count). The zero-order valence-electron chi connectivity index (χ0n) is 17.0. The molecule has 1 heterocycles. The number of nitriles is 1. The summed E-state index contributed by atoms with van der Waals surface area (Å²) in [6, 6.07) is 11.9. The number of benzene rings is 1. The fourth-order valence-electron chi connectivity index (χ4n) is 3.54. The molecule has 1 aliphatic carbocycles. The fourth-order valence-corrected chi connectivity index (χ4v) is 3.84. The van der Waals surface area contributed by atoms with E-state index in [1.165, 1.54) is 0 Å². The van der Waals surface area contributed by atoms with Crippen LogP contribution in [0.3, 0.4) is 0 Å². The summed E-state index contributed by atoms with van der Waals surface area (Å²) in [4.78, 5) is 6.46. The van der Waals surface area contributed by atoms with Crippen LogP contribution in [0, 0.1) is 11.3 Å². The molecule has 1 fully saturated rings. The molecule has 2 aromatic rings. The van der Waals surface area contributed by atoms with Crippen LogP contribution in [0.2, 0.25) is 0 Å². The van der Waals surface area contributed by atoms with Gasteiger partial charge in [0, 0.05) is 42.5 Å². The molecule has 0 saturated heterocycles. The van der Waals surface area contributed by atoms with Crippen molar-refractivity contribution in [2.45, 2.75) is 36.7 Å². The summed E-state index contributed by atoms with van der Waals surface area (Å²) in [6.45, 7) is 1.24. The summed E-state index contributed by atoms with van der Waals surface area (Å²) < 4.78 is 16.1. The highest BCUT2D eigenvalue weighted by Crippen LogP contribution is 2.47. The summed E-state index contributed by atoms with van der Waals surface area (Å²) in [5, 5.41) is 9.11. The second-order valence-electron chi connectivity index (χ2n) is 7.22. The van der Waals surface area contributed by atoms with Gasteiger partial charge >= 0.3 is 0 Å². The van der Waals surface area contributed by atoms with Gasteiger partial charge in [0.05, 0.1) is 39.2 Å². The van der Waals surface area contributed by atoms with E-state index >= 15 is 0 Å². The van der Waals surface area contributed by atoms with Gasteiger partial charge in [0.1, 0.15) is 11.5 Å². The number of hydrogen-bond acceptors (Lipinski definition) is 6. The second-order valence-corrected chi connectivity index (χ2v) is 7.74. The Balaban J connectivity index is 1.85. The smallest absolute Gasteiger partial charge is 0.213 e. The largest absolute Gasteiger partial charge is 0.497 e. The van der Waals surface area contributed by atoms with Crippen LogP contribution in [0.15, 0.2) is 36.5 Å². The first-order chi connectivity index (χ1) is 14.0. The summed E-state index contributed by atoms with van der Waals surface area (Å²) >= 11 is 6.79. The average molecular weight is 416 g/mol. The minimum absolute atomic E-state index is 0.135. The van der Waals surface area contributed by atoms with E-state index in [1.54, 1.807) is 27.5 Å². The van der Waals surface area contributed by atoms with E-state index in [4.69, 9.17) is 25.8 Å². The Bertz CT molecular complexity index is 880. The Labute approximate surface area is 177 Å². The number of hydrogen-bond donors (Lipinski definition) is 0. The van der Waals surface area contributed by atoms with Crippen LogP contribution in [0.4, 0.5) is 0 Å². The quantitative estimate of drug-likeness (QED) is 0.538. The Kier molecular flexibility index (Phi) is 6.83. The number of alkyl halides is 1. The van der Waals surface area contributed by atoms with Gasteiger partial charge in [-0.25, -0.2) is 4.98 Å². The third-order valence-corrected chi connectivity index (χ3v) is 5.86. The van der Waals surface area contributed by atoms with Crippen LogP contribution in [0.25, 0.3) is 0 Å². The van der Waals surface area contributed by atoms with Crippen molar-refractivity contribution in [1.29, 1.82) is 5.26 Å². The number of ether oxygens (including phenoxy) is 3. The SMILES string of the molecule is COc1ccc(CN(CC(Cl)c2ccnc(OC)c2)C2(CC#N)CC2)c(OC)c1.